The summed E-state index contributed by atoms with van der Waals surface area (Å²) in [5, 5.41) is 3.07. The van der Waals surface area contributed by atoms with Gasteiger partial charge in [-0.15, -0.1) is 13.2 Å². The Bertz CT molecular complexity index is 423. The van der Waals surface area contributed by atoms with Gasteiger partial charge in [-0.3, -0.25) is 0 Å². The third-order valence-electron chi connectivity index (χ3n) is 3.10. The van der Waals surface area contributed by atoms with Crippen LogP contribution in [0.4, 0.5) is 13.2 Å². The first-order valence-corrected chi connectivity index (χ1v) is 6.11. The molecule has 3 nitrogen and oxygen atoms in total. The van der Waals surface area contributed by atoms with E-state index < -0.39 is 6.36 Å². The molecule has 0 saturated carbocycles. The van der Waals surface area contributed by atoms with E-state index in [4.69, 9.17) is 4.74 Å². The van der Waals surface area contributed by atoms with Crippen LogP contribution in [0.15, 0.2) is 24.3 Å². The number of hydrogen-bond acceptors (Lipinski definition) is 3. The molecule has 1 heterocycles. The Hall–Kier alpha value is -1.27. The number of halogens is 3. The molecule has 1 aliphatic heterocycles. The van der Waals surface area contributed by atoms with E-state index in [1.54, 1.807) is 12.1 Å². The zero-order valence-corrected chi connectivity index (χ0v) is 10.5. The number of rotatable bonds is 4. The van der Waals surface area contributed by atoms with E-state index in [1.165, 1.54) is 12.1 Å². The second-order valence-electron chi connectivity index (χ2n) is 4.52. The second-order valence-corrected chi connectivity index (χ2v) is 4.52. The first-order valence-electron chi connectivity index (χ1n) is 6.11. The highest BCUT2D eigenvalue weighted by atomic mass is 19.4. The third-order valence-corrected chi connectivity index (χ3v) is 3.10. The van der Waals surface area contributed by atoms with Crippen LogP contribution in [-0.2, 0) is 4.74 Å². The van der Waals surface area contributed by atoms with Crippen LogP contribution in [0.25, 0.3) is 0 Å². The summed E-state index contributed by atoms with van der Waals surface area (Å²) < 4.78 is 46.1. The van der Waals surface area contributed by atoms with E-state index in [2.05, 4.69) is 10.1 Å². The normalized spacial score (nSPS) is 23.6. The first kappa shape index (κ1) is 14.1. The minimum atomic E-state index is -4.67. The fourth-order valence-electron chi connectivity index (χ4n) is 2.36. The third kappa shape index (κ3) is 3.84. The van der Waals surface area contributed by atoms with Crippen molar-refractivity contribution in [2.24, 2.45) is 5.92 Å². The lowest BCUT2D eigenvalue weighted by Gasteiger charge is -2.19. The highest BCUT2D eigenvalue weighted by Crippen LogP contribution is 2.36. The Balaban J connectivity index is 2.14. The minimum Gasteiger partial charge on any atom is -0.406 e. The minimum absolute atomic E-state index is 0.177. The van der Waals surface area contributed by atoms with E-state index >= 15 is 0 Å². The number of alkyl halides is 3. The summed E-state index contributed by atoms with van der Waals surface area (Å²) in [4.78, 5) is 0. The highest BCUT2D eigenvalue weighted by Gasteiger charge is 2.32. The van der Waals surface area contributed by atoms with Crippen molar-refractivity contribution in [2.45, 2.75) is 18.9 Å². The maximum Gasteiger partial charge on any atom is 0.573 e. The van der Waals surface area contributed by atoms with Gasteiger partial charge in [0.2, 0.25) is 0 Å². The van der Waals surface area contributed by atoms with Gasteiger partial charge in [0.05, 0.1) is 6.10 Å². The largest absolute Gasteiger partial charge is 0.573 e. The molecule has 1 aromatic carbocycles. The van der Waals surface area contributed by atoms with Crippen LogP contribution in [0.2, 0.25) is 0 Å². The van der Waals surface area contributed by atoms with E-state index in [0.29, 0.717) is 6.61 Å². The maximum absolute atomic E-state index is 12.2. The number of hydrogen-bond donors (Lipinski definition) is 1. The molecule has 2 rings (SSSR count). The number of nitrogens with one attached hydrogen (secondary N) is 1. The van der Waals surface area contributed by atoms with E-state index in [-0.39, 0.29) is 17.8 Å². The molecule has 1 saturated heterocycles. The van der Waals surface area contributed by atoms with Gasteiger partial charge in [0, 0.05) is 19.1 Å². The molecular weight excluding hydrogens is 259 g/mol. The van der Waals surface area contributed by atoms with Gasteiger partial charge >= 0.3 is 6.36 Å². The van der Waals surface area contributed by atoms with E-state index in [9.17, 15) is 13.2 Å². The molecule has 0 aliphatic carbocycles. The molecule has 2 atom stereocenters. The van der Waals surface area contributed by atoms with Crippen molar-refractivity contribution in [3.05, 3.63) is 29.8 Å². The first-order chi connectivity index (χ1) is 8.99. The molecule has 0 aromatic heterocycles. The molecule has 106 valence electrons. The van der Waals surface area contributed by atoms with Crippen molar-refractivity contribution in [3.63, 3.8) is 0 Å². The molecule has 0 spiro atoms. The average molecular weight is 275 g/mol. The molecule has 19 heavy (non-hydrogen) atoms. The smallest absolute Gasteiger partial charge is 0.406 e. The van der Waals surface area contributed by atoms with E-state index in [1.807, 2.05) is 7.05 Å². The molecule has 0 radical (unpaired) electrons. The monoisotopic (exact) mass is 275 g/mol. The van der Waals surface area contributed by atoms with Gasteiger partial charge < -0.3 is 14.8 Å². The summed E-state index contributed by atoms with van der Waals surface area (Å²) in [5.74, 6) is 0.0647. The lowest BCUT2D eigenvalue weighted by Crippen LogP contribution is -2.21. The summed E-state index contributed by atoms with van der Waals surface area (Å²) in [5.41, 5.74) is 0.722. The van der Waals surface area contributed by atoms with Crippen LogP contribution in [0, 0.1) is 5.92 Å². The molecule has 6 heteroatoms. The Morgan fingerprint density at radius 1 is 1.42 bits per heavy atom. The van der Waals surface area contributed by atoms with Gasteiger partial charge in [0.15, 0.2) is 0 Å². The molecular formula is C13H16F3NO2. The SMILES string of the molecule is CNCC1CCOC1c1cccc(OC(F)(F)F)c1. The zero-order chi connectivity index (χ0) is 13.9. The van der Waals surface area contributed by atoms with Gasteiger partial charge in [0.1, 0.15) is 5.75 Å². The molecule has 1 aromatic rings. The van der Waals surface area contributed by atoms with Gasteiger partial charge in [-0.1, -0.05) is 12.1 Å². The van der Waals surface area contributed by atoms with Crippen molar-refractivity contribution < 1.29 is 22.6 Å². The zero-order valence-electron chi connectivity index (χ0n) is 10.5. The van der Waals surface area contributed by atoms with Crippen LogP contribution in [0.1, 0.15) is 18.1 Å². The average Bonchev–Trinajstić information content (AvgIpc) is 2.76. The van der Waals surface area contributed by atoms with Crippen LogP contribution in [0.3, 0.4) is 0 Å². The molecule has 0 bridgehead atoms. The van der Waals surface area contributed by atoms with Crippen LogP contribution >= 0.6 is 0 Å². The molecule has 1 fully saturated rings. The van der Waals surface area contributed by atoms with Crippen molar-refractivity contribution in [2.75, 3.05) is 20.2 Å². The Labute approximate surface area is 109 Å². The van der Waals surface area contributed by atoms with Crippen molar-refractivity contribution in [1.29, 1.82) is 0 Å². The molecule has 0 amide bonds. The summed E-state index contributed by atoms with van der Waals surface area (Å²) in [6.45, 7) is 1.40. The topological polar surface area (TPSA) is 30.5 Å². The van der Waals surface area contributed by atoms with Gasteiger partial charge in [0.25, 0.3) is 0 Å². The van der Waals surface area contributed by atoms with Crippen LogP contribution in [0.5, 0.6) is 5.75 Å². The van der Waals surface area contributed by atoms with Crippen molar-refractivity contribution >= 4 is 0 Å². The summed E-state index contributed by atoms with van der Waals surface area (Å²) in [6, 6.07) is 6.00. The number of ether oxygens (including phenoxy) is 2. The lowest BCUT2D eigenvalue weighted by molar-refractivity contribution is -0.274. The summed E-state index contributed by atoms with van der Waals surface area (Å²) in [7, 11) is 1.85. The Kier molecular flexibility index (Phi) is 4.31. The predicted molar refractivity (Wildman–Crippen MR) is 63.9 cm³/mol. The fourth-order valence-corrected chi connectivity index (χ4v) is 2.36. The second kappa shape index (κ2) is 5.79. The Morgan fingerprint density at radius 2 is 2.21 bits per heavy atom. The Morgan fingerprint density at radius 3 is 2.89 bits per heavy atom. The van der Waals surface area contributed by atoms with Crippen molar-refractivity contribution in [1.82, 2.24) is 5.32 Å². The van der Waals surface area contributed by atoms with Crippen LogP contribution < -0.4 is 10.1 Å². The molecule has 2 unspecified atom stereocenters. The van der Waals surface area contributed by atoms with Crippen molar-refractivity contribution in [3.8, 4) is 5.75 Å². The highest BCUT2D eigenvalue weighted by molar-refractivity contribution is 5.31. The summed E-state index contributed by atoms with van der Waals surface area (Å²) in [6.07, 6.45) is -3.95. The van der Waals surface area contributed by atoms with Crippen LogP contribution in [-0.4, -0.2) is 26.6 Å². The lowest BCUT2D eigenvalue weighted by atomic mass is 9.95. The van der Waals surface area contributed by atoms with Gasteiger partial charge in [-0.25, -0.2) is 0 Å². The van der Waals surface area contributed by atoms with Gasteiger partial charge in [-0.05, 0) is 31.2 Å². The standard InChI is InChI=1S/C13H16F3NO2/c1-17-8-10-5-6-18-12(10)9-3-2-4-11(7-9)19-13(14,15)16/h2-4,7,10,12,17H,5-6,8H2,1H3. The maximum atomic E-state index is 12.2. The predicted octanol–water partition coefficient (Wildman–Crippen LogP) is 2.88. The van der Waals surface area contributed by atoms with Gasteiger partial charge in [-0.2, -0.15) is 0 Å². The molecule has 1 aliphatic rings. The number of benzene rings is 1. The van der Waals surface area contributed by atoms with E-state index in [0.717, 1.165) is 18.5 Å². The fraction of sp³-hybridized carbons (Fsp3) is 0.538. The quantitative estimate of drug-likeness (QED) is 0.916. The summed E-state index contributed by atoms with van der Waals surface area (Å²) >= 11 is 0. The molecule has 1 N–H and O–H groups in total.